The summed E-state index contributed by atoms with van der Waals surface area (Å²) in [4.78, 5) is 22.1. The predicted molar refractivity (Wildman–Crippen MR) is 73.4 cm³/mol. The molecule has 1 aromatic carbocycles. The molecule has 1 aromatic rings. The topological polar surface area (TPSA) is 80.1 Å². The summed E-state index contributed by atoms with van der Waals surface area (Å²) < 4.78 is 4.60. The quantitative estimate of drug-likeness (QED) is 0.508. The van der Waals surface area contributed by atoms with Crippen LogP contribution in [0.1, 0.15) is 15.9 Å². The zero-order valence-corrected chi connectivity index (χ0v) is 10.9. The molecule has 0 bridgehead atoms. The van der Waals surface area contributed by atoms with E-state index in [1.165, 1.54) is 18.9 Å². The second kappa shape index (κ2) is 6.14. The Labute approximate surface area is 113 Å². The van der Waals surface area contributed by atoms with Gasteiger partial charge in [-0.25, -0.2) is 4.79 Å². The van der Waals surface area contributed by atoms with Gasteiger partial charge in [0.25, 0.3) is 0 Å². The second-order valence-corrected chi connectivity index (χ2v) is 4.56. The van der Waals surface area contributed by atoms with Crippen LogP contribution < -0.4 is 5.32 Å². The molecular formula is C12H11N3O3S. The van der Waals surface area contributed by atoms with E-state index >= 15 is 0 Å². The molecule has 7 heteroatoms. The fraction of sp³-hybridized carbons (Fsp3) is 0.167. The number of amidine groups is 1. The maximum atomic E-state index is 11.2. The van der Waals surface area contributed by atoms with Gasteiger partial charge in [-0.05, 0) is 17.7 Å². The monoisotopic (exact) mass is 277 g/mol. The highest BCUT2D eigenvalue weighted by molar-refractivity contribution is 8.15. The Bertz CT molecular complexity index is 552. The maximum Gasteiger partial charge on any atom is 0.337 e. The van der Waals surface area contributed by atoms with E-state index in [1.54, 1.807) is 30.5 Å². The molecular weight excluding hydrogens is 266 g/mol. The van der Waals surface area contributed by atoms with Crippen molar-refractivity contribution in [1.29, 1.82) is 0 Å². The molecule has 1 heterocycles. The summed E-state index contributed by atoms with van der Waals surface area (Å²) in [6.45, 7) is 0. The lowest BCUT2D eigenvalue weighted by Gasteiger charge is -1.98. The van der Waals surface area contributed by atoms with E-state index in [0.717, 1.165) is 5.56 Å². The van der Waals surface area contributed by atoms with Crippen LogP contribution in [0.2, 0.25) is 0 Å². The lowest BCUT2D eigenvalue weighted by Crippen LogP contribution is -2.19. The molecule has 0 radical (unpaired) electrons. The van der Waals surface area contributed by atoms with Crippen molar-refractivity contribution in [3.8, 4) is 0 Å². The first-order valence-electron chi connectivity index (χ1n) is 5.41. The summed E-state index contributed by atoms with van der Waals surface area (Å²) in [5.74, 6) is -0.0717. The highest BCUT2D eigenvalue weighted by atomic mass is 32.2. The van der Waals surface area contributed by atoms with Gasteiger partial charge in [0, 0.05) is 0 Å². The van der Waals surface area contributed by atoms with Crippen LogP contribution in [0.15, 0.2) is 34.5 Å². The Morgan fingerprint density at radius 3 is 2.74 bits per heavy atom. The molecule has 6 nitrogen and oxygen atoms in total. The SMILES string of the molecule is COC(=O)c1ccc(C=NN=C2NC(=O)CS2)cc1. The summed E-state index contributed by atoms with van der Waals surface area (Å²) >= 11 is 1.31. The third kappa shape index (κ3) is 3.65. The molecule has 1 aliphatic heterocycles. The molecule has 0 aliphatic carbocycles. The van der Waals surface area contributed by atoms with E-state index in [1.807, 2.05) is 0 Å². The van der Waals surface area contributed by atoms with Gasteiger partial charge in [0.15, 0.2) is 5.17 Å². The average Bonchev–Trinajstić information content (AvgIpc) is 2.84. The Kier molecular flexibility index (Phi) is 4.30. The minimum Gasteiger partial charge on any atom is -0.465 e. The van der Waals surface area contributed by atoms with Crippen molar-refractivity contribution in [2.45, 2.75) is 0 Å². The van der Waals surface area contributed by atoms with Crippen molar-refractivity contribution >= 4 is 35.0 Å². The van der Waals surface area contributed by atoms with Gasteiger partial charge in [-0.1, -0.05) is 23.9 Å². The van der Waals surface area contributed by atoms with E-state index < -0.39 is 0 Å². The van der Waals surface area contributed by atoms with Crippen LogP contribution in [-0.4, -0.2) is 36.1 Å². The van der Waals surface area contributed by atoms with E-state index in [-0.39, 0.29) is 11.9 Å². The van der Waals surface area contributed by atoms with Crippen molar-refractivity contribution in [2.24, 2.45) is 10.2 Å². The summed E-state index contributed by atoms with van der Waals surface area (Å²) in [7, 11) is 1.33. The zero-order chi connectivity index (χ0) is 13.7. The third-order valence-corrected chi connectivity index (χ3v) is 3.14. The molecule has 19 heavy (non-hydrogen) atoms. The van der Waals surface area contributed by atoms with Crippen LogP contribution in [0.25, 0.3) is 0 Å². The van der Waals surface area contributed by atoms with Crippen LogP contribution in [0.4, 0.5) is 0 Å². The average molecular weight is 277 g/mol. The molecule has 2 rings (SSSR count). The van der Waals surface area contributed by atoms with Crippen molar-refractivity contribution in [3.63, 3.8) is 0 Å². The summed E-state index contributed by atoms with van der Waals surface area (Å²) in [6, 6.07) is 6.76. The standard InChI is InChI=1S/C12H11N3O3S/c1-18-11(17)9-4-2-8(3-5-9)6-13-15-12-14-10(16)7-19-12/h2-6H,7H2,1H3,(H,14,15,16). The molecule has 0 aromatic heterocycles. The van der Waals surface area contributed by atoms with Gasteiger partial charge < -0.3 is 10.1 Å². The largest absolute Gasteiger partial charge is 0.465 e. The van der Waals surface area contributed by atoms with Gasteiger partial charge in [-0.2, -0.15) is 5.10 Å². The second-order valence-electron chi connectivity index (χ2n) is 3.60. The van der Waals surface area contributed by atoms with Gasteiger partial charge in [0.1, 0.15) is 0 Å². The Hall–Kier alpha value is -2.15. The van der Waals surface area contributed by atoms with Crippen LogP contribution in [0.3, 0.4) is 0 Å². The first kappa shape index (κ1) is 13.3. The normalized spacial score (nSPS) is 16.9. The van der Waals surface area contributed by atoms with Crippen LogP contribution in [0.5, 0.6) is 0 Å². The van der Waals surface area contributed by atoms with E-state index in [2.05, 4.69) is 20.3 Å². The van der Waals surface area contributed by atoms with Crippen molar-refractivity contribution < 1.29 is 14.3 Å². The maximum absolute atomic E-state index is 11.2. The van der Waals surface area contributed by atoms with Gasteiger partial charge in [0.05, 0.1) is 24.6 Å². The number of esters is 1. The van der Waals surface area contributed by atoms with E-state index in [9.17, 15) is 9.59 Å². The highest BCUT2D eigenvalue weighted by Gasteiger charge is 2.15. The number of carbonyl (C=O) groups excluding carboxylic acids is 2. The number of amides is 1. The van der Waals surface area contributed by atoms with E-state index in [4.69, 9.17) is 0 Å². The first-order chi connectivity index (χ1) is 9.19. The lowest BCUT2D eigenvalue weighted by atomic mass is 10.1. The summed E-state index contributed by atoms with van der Waals surface area (Å²) in [5, 5.41) is 10.8. The molecule has 0 atom stereocenters. The minimum absolute atomic E-state index is 0.0682. The fourth-order valence-corrected chi connectivity index (χ4v) is 1.98. The van der Waals surface area contributed by atoms with E-state index in [0.29, 0.717) is 16.5 Å². The van der Waals surface area contributed by atoms with Crippen molar-refractivity contribution in [1.82, 2.24) is 5.32 Å². The Morgan fingerprint density at radius 2 is 2.16 bits per heavy atom. The first-order valence-corrected chi connectivity index (χ1v) is 6.39. The predicted octanol–water partition coefficient (Wildman–Crippen LogP) is 1.03. The van der Waals surface area contributed by atoms with Crippen LogP contribution >= 0.6 is 11.8 Å². The van der Waals surface area contributed by atoms with Crippen molar-refractivity contribution in [2.75, 3.05) is 12.9 Å². The van der Waals surface area contributed by atoms with Crippen LogP contribution in [-0.2, 0) is 9.53 Å². The number of thioether (sulfide) groups is 1. The number of hydrogen-bond donors (Lipinski definition) is 1. The fourth-order valence-electron chi connectivity index (χ4n) is 1.35. The Balaban J connectivity index is 1.99. The number of carbonyl (C=O) groups is 2. The van der Waals surface area contributed by atoms with Gasteiger partial charge >= 0.3 is 5.97 Å². The van der Waals surface area contributed by atoms with Crippen LogP contribution in [0, 0.1) is 0 Å². The molecule has 98 valence electrons. The number of methoxy groups -OCH3 is 1. The van der Waals surface area contributed by atoms with Gasteiger partial charge in [0.2, 0.25) is 5.91 Å². The third-order valence-electron chi connectivity index (χ3n) is 2.27. The lowest BCUT2D eigenvalue weighted by molar-refractivity contribution is -0.116. The molecule has 1 amide bonds. The molecule has 1 aliphatic rings. The highest BCUT2D eigenvalue weighted by Crippen LogP contribution is 2.09. The smallest absolute Gasteiger partial charge is 0.337 e. The zero-order valence-electron chi connectivity index (χ0n) is 10.1. The number of benzene rings is 1. The number of nitrogens with zero attached hydrogens (tertiary/aromatic N) is 2. The molecule has 0 saturated carbocycles. The Morgan fingerprint density at radius 1 is 1.42 bits per heavy atom. The number of rotatable bonds is 3. The minimum atomic E-state index is -0.381. The molecule has 1 N–H and O–H groups in total. The number of ether oxygens (including phenoxy) is 1. The molecule has 0 spiro atoms. The number of hydrogen-bond acceptors (Lipinski definition) is 6. The molecule has 0 unspecified atom stereocenters. The number of nitrogens with one attached hydrogen (secondary N) is 1. The molecule has 1 saturated heterocycles. The summed E-state index contributed by atoms with van der Waals surface area (Å²) in [5.41, 5.74) is 1.27. The van der Waals surface area contributed by atoms with Crippen molar-refractivity contribution in [3.05, 3.63) is 35.4 Å². The molecule has 1 fully saturated rings. The van der Waals surface area contributed by atoms with Gasteiger partial charge in [-0.3, -0.25) is 4.79 Å². The van der Waals surface area contributed by atoms with Gasteiger partial charge in [-0.15, -0.1) is 5.10 Å². The summed E-state index contributed by atoms with van der Waals surface area (Å²) in [6.07, 6.45) is 1.54.